The molecule has 0 radical (unpaired) electrons. The standard InChI is InChI=1S/C27H21IN2O3/c1-31-26-14-20(16-30-33-18-24-9-5-4-8-23(24)15-29)13-25(28)27(26)32-17-19-10-11-21-6-2-3-7-22(21)12-19/h2-14,16H,17-18H2,1H3/b30-16-. The van der Waals surface area contributed by atoms with E-state index in [0.717, 1.165) is 20.3 Å². The highest BCUT2D eigenvalue weighted by atomic mass is 127. The summed E-state index contributed by atoms with van der Waals surface area (Å²) in [6.07, 6.45) is 1.62. The molecule has 0 aliphatic carbocycles. The molecule has 0 amide bonds. The lowest BCUT2D eigenvalue weighted by molar-refractivity contribution is 0.132. The van der Waals surface area contributed by atoms with Crippen LogP contribution in [0.2, 0.25) is 0 Å². The molecule has 0 fully saturated rings. The van der Waals surface area contributed by atoms with Gasteiger partial charge in [-0.1, -0.05) is 59.8 Å². The summed E-state index contributed by atoms with van der Waals surface area (Å²) >= 11 is 2.23. The molecule has 0 N–H and O–H groups in total. The summed E-state index contributed by atoms with van der Waals surface area (Å²) in [4.78, 5) is 5.39. The Morgan fingerprint density at radius 1 is 0.939 bits per heavy atom. The van der Waals surface area contributed by atoms with Crippen LogP contribution in [0.5, 0.6) is 11.5 Å². The van der Waals surface area contributed by atoms with Gasteiger partial charge in [-0.2, -0.15) is 5.26 Å². The maximum Gasteiger partial charge on any atom is 0.174 e. The van der Waals surface area contributed by atoms with Crippen LogP contribution in [-0.4, -0.2) is 13.3 Å². The topological polar surface area (TPSA) is 63.8 Å². The van der Waals surface area contributed by atoms with Crippen LogP contribution in [0.15, 0.2) is 84.0 Å². The van der Waals surface area contributed by atoms with E-state index in [-0.39, 0.29) is 6.61 Å². The lowest BCUT2D eigenvalue weighted by Gasteiger charge is -2.14. The number of halogens is 1. The minimum absolute atomic E-state index is 0.224. The van der Waals surface area contributed by atoms with Gasteiger partial charge in [0.1, 0.15) is 13.2 Å². The van der Waals surface area contributed by atoms with Gasteiger partial charge >= 0.3 is 0 Å². The highest BCUT2D eigenvalue weighted by Gasteiger charge is 2.12. The van der Waals surface area contributed by atoms with E-state index in [1.165, 1.54) is 10.8 Å². The van der Waals surface area contributed by atoms with Crippen molar-refractivity contribution in [3.63, 3.8) is 0 Å². The van der Waals surface area contributed by atoms with E-state index >= 15 is 0 Å². The molecule has 0 spiro atoms. The first-order valence-electron chi connectivity index (χ1n) is 10.3. The molecule has 0 bridgehead atoms. The second kappa shape index (κ2) is 10.8. The van der Waals surface area contributed by atoms with Crippen LogP contribution in [0.4, 0.5) is 0 Å². The van der Waals surface area contributed by atoms with Crippen molar-refractivity contribution < 1.29 is 14.3 Å². The van der Waals surface area contributed by atoms with Crippen LogP contribution in [0, 0.1) is 14.9 Å². The van der Waals surface area contributed by atoms with Crippen molar-refractivity contribution in [1.29, 1.82) is 5.26 Å². The second-order valence-corrected chi connectivity index (χ2v) is 8.44. The van der Waals surface area contributed by atoms with Crippen molar-refractivity contribution in [3.8, 4) is 17.6 Å². The molecule has 0 heterocycles. The number of methoxy groups -OCH3 is 1. The number of oxime groups is 1. The molecular formula is C27H21IN2O3. The van der Waals surface area contributed by atoms with Crippen LogP contribution >= 0.6 is 22.6 Å². The van der Waals surface area contributed by atoms with Gasteiger partial charge < -0.3 is 14.3 Å². The Bertz CT molecular complexity index is 1350. The Balaban J connectivity index is 1.43. The van der Waals surface area contributed by atoms with E-state index < -0.39 is 0 Å². The zero-order valence-electron chi connectivity index (χ0n) is 18.0. The quantitative estimate of drug-likeness (QED) is 0.144. The Morgan fingerprint density at radius 3 is 2.55 bits per heavy atom. The summed E-state index contributed by atoms with van der Waals surface area (Å²) in [5.74, 6) is 1.31. The second-order valence-electron chi connectivity index (χ2n) is 7.28. The molecule has 0 aromatic heterocycles. The van der Waals surface area contributed by atoms with Crippen molar-refractivity contribution >= 4 is 39.6 Å². The van der Waals surface area contributed by atoms with E-state index in [1.807, 2.05) is 42.5 Å². The summed E-state index contributed by atoms with van der Waals surface area (Å²) in [7, 11) is 1.62. The SMILES string of the molecule is COc1cc(/C=N\OCc2ccccc2C#N)cc(I)c1OCc1ccc2ccccc2c1. The normalized spacial score (nSPS) is 10.8. The fraction of sp³-hybridized carbons (Fsp3) is 0.111. The molecule has 33 heavy (non-hydrogen) atoms. The lowest BCUT2D eigenvalue weighted by atomic mass is 10.1. The monoisotopic (exact) mass is 548 g/mol. The summed E-state index contributed by atoms with van der Waals surface area (Å²) in [6.45, 7) is 0.660. The number of nitrogens with zero attached hydrogens (tertiary/aromatic N) is 2. The van der Waals surface area contributed by atoms with E-state index in [4.69, 9.17) is 19.6 Å². The molecule has 4 aromatic carbocycles. The van der Waals surface area contributed by atoms with Gasteiger partial charge in [0.25, 0.3) is 0 Å². The third-order valence-electron chi connectivity index (χ3n) is 5.08. The predicted molar refractivity (Wildman–Crippen MR) is 138 cm³/mol. The molecular weight excluding hydrogens is 527 g/mol. The van der Waals surface area contributed by atoms with Crippen LogP contribution in [-0.2, 0) is 18.1 Å². The Kier molecular flexibility index (Phi) is 7.43. The van der Waals surface area contributed by atoms with Crippen molar-refractivity contribution in [2.24, 2.45) is 5.16 Å². The third kappa shape index (κ3) is 5.62. The Morgan fingerprint density at radius 2 is 1.73 bits per heavy atom. The van der Waals surface area contributed by atoms with Crippen molar-refractivity contribution in [3.05, 3.63) is 105 Å². The molecule has 4 aromatic rings. The zero-order valence-corrected chi connectivity index (χ0v) is 20.2. The minimum Gasteiger partial charge on any atom is -0.493 e. The molecule has 5 nitrogen and oxygen atoms in total. The zero-order chi connectivity index (χ0) is 23.0. The summed E-state index contributed by atoms with van der Waals surface area (Å²) in [5, 5.41) is 15.6. The first-order chi connectivity index (χ1) is 16.2. The summed E-state index contributed by atoms with van der Waals surface area (Å²) in [6, 6.07) is 27.8. The molecule has 164 valence electrons. The number of ether oxygens (including phenoxy) is 2. The molecule has 4 rings (SSSR count). The van der Waals surface area contributed by atoms with E-state index in [9.17, 15) is 0 Å². The van der Waals surface area contributed by atoms with Gasteiger partial charge in [-0.3, -0.25) is 0 Å². The average molecular weight is 548 g/mol. The van der Waals surface area contributed by atoms with Gasteiger partial charge in [0.15, 0.2) is 11.5 Å². The maximum absolute atomic E-state index is 9.16. The number of rotatable bonds is 8. The molecule has 0 unspecified atom stereocenters. The van der Waals surface area contributed by atoms with Crippen LogP contribution in [0.25, 0.3) is 10.8 Å². The number of benzene rings is 4. The van der Waals surface area contributed by atoms with Gasteiger partial charge in [-0.25, -0.2) is 0 Å². The minimum atomic E-state index is 0.224. The third-order valence-corrected chi connectivity index (χ3v) is 5.88. The molecule has 6 heteroatoms. The fourth-order valence-electron chi connectivity index (χ4n) is 3.40. The van der Waals surface area contributed by atoms with Crippen LogP contribution < -0.4 is 9.47 Å². The van der Waals surface area contributed by atoms with Gasteiger partial charge in [-0.15, -0.1) is 0 Å². The Hall–Kier alpha value is -3.57. The summed E-state index contributed by atoms with van der Waals surface area (Å²) in [5.41, 5.74) is 3.28. The smallest absolute Gasteiger partial charge is 0.174 e. The lowest BCUT2D eigenvalue weighted by Crippen LogP contribution is -2.01. The molecule has 0 aliphatic heterocycles. The van der Waals surface area contributed by atoms with Crippen molar-refractivity contribution in [1.82, 2.24) is 0 Å². The van der Waals surface area contributed by atoms with E-state index in [2.05, 4.69) is 64.1 Å². The highest BCUT2D eigenvalue weighted by molar-refractivity contribution is 14.1. The maximum atomic E-state index is 9.16. The average Bonchev–Trinajstić information content (AvgIpc) is 2.85. The Labute approximate surface area is 206 Å². The number of nitriles is 1. The van der Waals surface area contributed by atoms with Gasteiger partial charge in [-0.05, 0) is 63.2 Å². The molecule has 0 saturated carbocycles. The first kappa shape index (κ1) is 22.6. The predicted octanol–water partition coefficient (Wildman–Crippen LogP) is 6.45. The van der Waals surface area contributed by atoms with Gasteiger partial charge in [0.2, 0.25) is 0 Å². The van der Waals surface area contributed by atoms with Crippen LogP contribution in [0.1, 0.15) is 22.3 Å². The molecule has 0 atom stereocenters. The first-order valence-corrected chi connectivity index (χ1v) is 11.4. The number of hydrogen-bond donors (Lipinski definition) is 0. The number of fused-ring (bicyclic) bond motifs is 1. The number of hydrogen-bond acceptors (Lipinski definition) is 5. The largest absolute Gasteiger partial charge is 0.493 e. The van der Waals surface area contributed by atoms with E-state index in [1.54, 1.807) is 19.4 Å². The van der Waals surface area contributed by atoms with Gasteiger partial charge in [0.05, 0.1) is 28.5 Å². The van der Waals surface area contributed by atoms with E-state index in [0.29, 0.717) is 23.7 Å². The fourth-order valence-corrected chi connectivity index (χ4v) is 4.18. The molecule has 0 aliphatic rings. The highest BCUT2D eigenvalue weighted by Crippen LogP contribution is 2.34. The summed E-state index contributed by atoms with van der Waals surface area (Å²) < 4.78 is 12.6. The van der Waals surface area contributed by atoms with Crippen molar-refractivity contribution in [2.75, 3.05) is 7.11 Å². The van der Waals surface area contributed by atoms with Gasteiger partial charge in [0, 0.05) is 11.1 Å². The van der Waals surface area contributed by atoms with Crippen LogP contribution in [0.3, 0.4) is 0 Å². The van der Waals surface area contributed by atoms with Crippen molar-refractivity contribution in [2.45, 2.75) is 13.2 Å². The molecule has 0 saturated heterocycles.